The number of ketones is 1. The van der Waals surface area contributed by atoms with E-state index in [-0.39, 0.29) is 5.78 Å². The van der Waals surface area contributed by atoms with Crippen LogP contribution in [-0.2, 0) is 0 Å². The second kappa shape index (κ2) is 3.42. The van der Waals surface area contributed by atoms with Gasteiger partial charge in [-0.25, -0.2) is 4.39 Å². The van der Waals surface area contributed by atoms with Crippen molar-refractivity contribution >= 4 is 16.7 Å². The van der Waals surface area contributed by atoms with Crippen LogP contribution in [0.15, 0.2) is 24.3 Å². The monoisotopic (exact) mass is 203 g/mol. The Labute approximate surface area is 86.8 Å². The molecule has 0 aliphatic rings. The SMILES string of the molecule is CC(=O)c1cc(F)cc2ccc(C)nc12. The molecule has 0 unspecified atom stereocenters. The van der Waals surface area contributed by atoms with Gasteiger partial charge in [0.1, 0.15) is 5.82 Å². The zero-order valence-corrected chi connectivity index (χ0v) is 8.54. The van der Waals surface area contributed by atoms with E-state index in [0.29, 0.717) is 16.5 Å². The summed E-state index contributed by atoms with van der Waals surface area (Å²) in [7, 11) is 0. The van der Waals surface area contributed by atoms with Gasteiger partial charge in [-0.1, -0.05) is 6.07 Å². The van der Waals surface area contributed by atoms with E-state index in [9.17, 15) is 9.18 Å². The van der Waals surface area contributed by atoms with E-state index >= 15 is 0 Å². The molecule has 0 amide bonds. The van der Waals surface area contributed by atoms with Crippen LogP contribution in [0.4, 0.5) is 4.39 Å². The number of hydrogen-bond acceptors (Lipinski definition) is 2. The number of halogens is 1. The minimum Gasteiger partial charge on any atom is -0.294 e. The summed E-state index contributed by atoms with van der Waals surface area (Å²) in [5, 5.41) is 0.658. The predicted octanol–water partition coefficient (Wildman–Crippen LogP) is 2.88. The standard InChI is InChI=1S/C12H10FNO/c1-7-3-4-9-5-10(13)6-11(8(2)15)12(9)14-7/h3-6H,1-2H3. The third-order valence-corrected chi connectivity index (χ3v) is 2.28. The highest BCUT2D eigenvalue weighted by Crippen LogP contribution is 2.19. The fourth-order valence-corrected chi connectivity index (χ4v) is 1.56. The molecule has 0 saturated heterocycles. The number of aromatic nitrogens is 1. The zero-order valence-electron chi connectivity index (χ0n) is 8.54. The maximum absolute atomic E-state index is 13.2. The van der Waals surface area contributed by atoms with Gasteiger partial charge in [0, 0.05) is 16.6 Å². The van der Waals surface area contributed by atoms with E-state index in [1.165, 1.54) is 19.1 Å². The van der Waals surface area contributed by atoms with E-state index in [0.717, 1.165) is 5.69 Å². The molecule has 15 heavy (non-hydrogen) atoms. The summed E-state index contributed by atoms with van der Waals surface area (Å²) in [6.45, 7) is 3.25. The van der Waals surface area contributed by atoms with E-state index in [1.54, 1.807) is 12.1 Å². The number of fused-ring (bicyclic) bond motifs is 1. The predicted molar refractivity (Wildman–Crippen MR) is 56.4 cm³/mol. The number of benzene rings is 1. The summed E-state index contributed by atoms with van der Waals surface area (Å²) in [6, 6.07) is 6.18. The minimum absolute atomic E-state index is 0.169. The van der Waals surface area contributed by atoms with Crippen LogP contribution in [0.5, 0.6) is 0 Å². The van der Waals surface area contributed by atoms with Crippen molar-refractivity contribution in [3.63, 3.8) is 0 Å². The molecule has 0 spiro atoms. The molecular formula is C12H10FNO. The molecule has 0 atom stereocenters. The van der Waals surface area contributed by atoms with Crippen molar-refractivity contribution < 1.29 is 9.18 Å². The van der Waals surface area contributed by atoms with Crippen molar-refractivity contribution in [3.05, 3.63) is 41.3 Å². The highest BCUT2D eigenvalue weighted by atomic mass is 19.1. The Hall–Kier alpha value is -1.77. The Morgan fingerprint density at radius 1 is 1.33 bits per heavy atom. The summed E-state index contributed by atoms with van der Waals surface area (Å²) in [5.41, 5.74) is 1.73. The number of nitrogens with zero attached hydrogens (tertiary/aromatic N) is 1. The van der Waals surface area contributed by atoms with Crippen molar-refractivity contribution in [2.75, 3.05) is 0 Å². The average molecular weight is 203 g/mol. The molecule has 0 aliphatic carbocycles. The Bertz CT molecular complexity index is 549. The molecule has 1 heterocycles. The Kier molecular flexibility index (Phi) is 2.23. The van der Waals surface area contributed by atoms with Gasteiger partial charge in [0.25, 0.3) is 0 Å². The molecule has 0 saturated carbocycles. The third-order valence-electron chi connectivity index (χ3n) is 2.28. The van der Waals surface area contributed by atoms with E-state index in [4.69, 9.17) is 0 Å². The van der Waals surface area contributed by atoms with Crippen molar-refractivity contribution in [2.45, 2.75) is 13.8 Å². The Morgan fingerprint density at radius 3 is 2.73 bits per heavy atom. The number of carbonyl (C=O) groups is 1. The van der Waals surface area contributed by atoms with Gasteiger partial charge >= 0.3 is 0 Å². The van der Waals surface area contributed by atoms with Gasteiger partial charge in [-0.3, -0.25) is 9.78 Å². The van der Waals surface area contributed by atoms with Crippen LogP contribution in [-0.4, -0.2) is 10.8 Å². The smallest absolute Gasteiger partial charge is 0.162 e. The lowest BCUT2D eigenvalue weighted by Gasteiger charge is -2.04. The molecule has 0 bridgehead atoms. The van der Waals surface area contributed by atoms with E-state index in [1.807, 2.05) is 6.92 Å². The van der Waals surface area contributed by atoms with Gasteiger partial charge in [0.2, 0.25) is 0 Å². The van der Waals surface area contributed by atoms with Gasteiger partial charge in [-0.2, -0.15) is 0 Å². The molecule has 0 fully saturated rings. The van der Waals surface area contributed by atoms with Crippen molar-refractivity contribution in [3.8, 4) is 0 Å². The number of rotatable bonds is 1. The van der Waals surface area contributed by atoms with Crippen LogP contribution in [0.2, 0.25) is 0 Å². The van der Waals surface area contributed by atoms with Crippen LogP contribution in [0.3, 0.4) is 0 Å². The molecule has 1 aromatic carbocycles. The first kappa shape index (κ1) is 9.77. The highest BCUT2D eigenvalue weighted by Gasteiger charge is 2.09. The molecule has 1 aromatic heterocycles. The van der Waals surface area contributed by atoms with Gasteiger partial charge < -0.3 is 0 Å². The third kappa shape index (κ3) is 1.73. The molecule has 0 aliphatic heterocycles. The summed E-state index contributed by atoms with van der Waals surface area (Å²) < 4.78 is 13.2. The van der Waals surface area contributed by atoms with Crippen LogP contribution in [0, 0.1) is 12.7 Å². The van der Waals surface area contributed by atoms with Crippen LogP contribution >= 0.6 is 0 Å². The van der Waals surface area contributed by atoms with E-state index < -0.39 is 5.82 Å². The molecule has 0 N–H and O–H groups in total. The fourth-order valence-electron chi connectivity index (χ4n) is 1.56. The minimum atomic E-state index is -0.404. The number of carbonyl (C=O) groups excluding carboxylic acids is 1. The molecule has 2 aromatic rings. The van der Waals surface area contributed by atoms with Crippen LogP contribution in [0.1, 0.15) is 23.0 Å². The summed E-state index contributed by atoms with van der Waals surface area (Å²) in [6.07, 6.45) is 0. The van der Waals surface area contributed by atoms with E-state index in [2.05, 4.69) is 4.98 Å². The van der Waals surface area contributed by atoms with Crippen molar-refractivity contribution in [1.29, 1.82) is 0 Å². The maximum atomic E-state index is 13.2. The highest BCUT2D eigenvalue weighted by molar-refractivity contribution is 6.05. The first-order chi connectivity index (χ1) is 7.08. The Morgan fingerprint density at radius 2 is 2.07 bits per heavy atom. The topological polar surface area (TPSA) is 30.0 Å². The van der Waals surface area contributed by atoms with Gasteiger partial charge in [-0.05, 0) is 32.0 Å². The van der Waals surface area contributed by atoms with Crippen molar-refractivity contribution in [2.24, 2.45) is 0 Å². The van der Waals surface area contributed by atoms with Gasteiger partial charge in [0.15, 0.2) is 5.78 Å². The lowest BCUT2D eigenvalue weighted by molar-refractivity contribution is 0.101. The first-order valence-electron chi connectivity index (χ1n) is 4.66. The average Bonchev–Trinajstić information content (AvgIpc) is 2.17. The first-order valence-corrected chi connectivity index (χ1v) is 4.66. The van der Waals surface area contributed by atoms with Gasteiger partial charge in [-0.15, -0.1) is 0 Å². The fraction of sp³-hybridized carbons (Fsp3) is 0.167. The number of aryl methyl sites for hydroxylation is 1. The zero-order chi connectivity index (χ0) is 11.0. The summed E-state index contributed by atoms with van der Waals surface area (Å²) >= 11 is 0. The number of pyridine rings is 1. The lowest BCUT2D eigenvalue weighted by atomic mass is 10.1. The molecule has 2 nitrogen and oxygen atoms in total. The van der Waals surface area contributed by atoms with Gasteiger partial charge in [0.05, 0.1) is 5.52 Å². The molecule has 76 valence electrons. The quantitative estimate of drug-likeness (QED) is 0.667. The van der Waals surface area contributed by atoms with Crippen molar-refractivity contribution in [1.82, 2.24) is 4.98 Å². The Balaban J connectivity index is 2.87. The number of Topliss-reactive ketones (excluding diaryl/α,β-unsaturated/α-hetero) is 1. The van der Waals surface area contributed by atoms with Crippen LogP contribution < -0.4 is 0 Å². The molecule has 3 heteroatoms. The molecular weight excluding hydrogens is 193 g/mol. The molecule has 0 radical (unpaired) electrons. The normalized spacial score (nSPS) is 10.6. The summed E-state index contributed by atoms with van der Waals surface area (Å²) in [4.78, 5) is 15.6. The maximum Gasteiger partial charge on any atom is 0.162 e. The molecule has 2 rings (SSSR count). The largest absolute Gasteiger partial charge is 0.294 e. The van der Waals surface area contributed by atoms with Crippen LogP contribution in [0.25, 0.3) is 10.9 Å². The second-order valence-electron chi connectivity index (χ2n) is 3.53. The lowest BCUT2D eigenvalue weighted by Crippen LogP contribution is -1.97. The second-order valence-corrected chi connectivity index (χ2v) is 3.53. The number of hydrogen-bond donors (Lipinski definition) is 0. The summed E-state index contributed by atoms with van der Waals surface area (Å²) in [5.74, 6) is -0.573.